The van der Waals surface area contributed by atoms with Gasteiger partial charge in [0.1, 0.15) is 5.82 Å². The summed E-state index contributed by atoms with van der Waals surface area (Å²) in [5.41, 5.74) is 1.84. The molecule has 0 spiro atoms. The molecule has 2 amide bonds. The van der Waals surface area contributed by atoms with E-state index in [2.05, 4.69) is 9.97 Å². The molecule has 0 saturated carbocycles. The number of nitrogens with zero attached hydrogens (tertiary/aromatic N) is 3. The minimum absolute atomic E-state index is 0.0197. The van der Waals surface area contributed by atoms with Crippen LogP contribution in [0.25, 0.3) is 11.0 Å². The molecule has 2 atom stereocenters. The predicted octanol–water partition coefficient (Wildman–Crippen LogP) is 2.67. The number of fused-ring (bicyclic) bond motifs is 1. The average Bonchev–Trinajstić information content (AvgIpc) is 3.41. The number of ether oxygens (including phenoxy) is 1. The number of hydroxylamine groups is 2. The van der Waals surface area contributed by atoms with Crippen molar-refractivity contribution < 1.29 is 24.3 Å². The van der Waals surface area contributed by atoms with Gasteiger partial charge in [0.15, 0.2) is 0 Å². The number of H-pyrrole nitrogens is 1. The van der Waals surface area contributed by atoms with E-state index in [9.17, 15) is 19.6 Å². The van der Waals surface area contributed by atoms with E-state index >= 15 is 0 Å². The van der Waals surface area contributed by atoms with E-state index in [4.69, 9.17) is 4.74 Å². The highest BCUT2D eigenvalue weighted by molar-refractivity contribution is 5.93. The van der Waals surface area contributed by atoms with Crippen molar-refractivity contribution in [1.82, 2.24) is 19.9 Å². The Kier molecular flexibility index (Phi) is 7.04. The number of amides is 2. The molecule has 1 aromatic carbocycles. The number of aromatic amines is 1. The largest absolute Gasteiger partial charge is 0.465 e. The minimum Gasteiger partial charge on any atom is -0.465 e. The van der Waals surface area contributed by atoms with Gasteiger partial charge >= 0.3 is 5.97 Å². The smallest absolute Gasteiger partial charge is 0.337 e. The number of hydrogen-bond acceptors (Lipinski definition) is 6. The van der Waals surface area contributed by atoms with Gasteiger partial charge in [-0.25, -0.2) is 14.8 Å². The van der Waals surface area contributed by atoms with Gasteiger partial charge in [0, 0.05) is 6.54 Å². The quantitative estimate of drug-likeness (QED) is 0.281. The van der Waals surface area contributed by atoms with Gasteiger partial charge in [-0.15, -0.1) is 0 Å². The molecule has 1 fully saturated rings. The Hall–Kier alpha value is -2.94. The molecule has 0 aliphatic carbocycles. The minimum atomic E-state index is -0.462. The molecule has 162 valence electrons. The monoisotopic (exact) mass is 416 g/mol. The fourth-order valence-corrected chi connectivity index (χ4v) is 3.99. The highest BCUT2D eigenvalue weighted by atomic mass is 16.5. The second-order valence-corrected chi connectivity index (χ2v) is 7.60. The van der Waals surface area contributed by atoms with Crippen LogP contribution in [-0.4, -0.2) is 63.6 Å². The number of rotatable bonds is 9. The number of methoxy groups -OCH3 is 1. The van der Waals surface area contributed by atoms with Crippen LogP contribution in [0.3, 0.4) is 0 Å². The molecule has 30 heavy (non-hydrogen) atoms. The Balaban J connectivity index is 1.83. The second kappa shape index (κ2) is 9.71. The molecule has 9 heteroatoms. The molecule has 3 rings (SSSR count). The fourth-order valence-electron chi connectivity index (χ4n) is 3.99. The first kappa shape index (κ1) is 21.8. The maximum Gasteiger partial charge on any atom is 0.337 e. The lowest BCUT2D eigenvalue weighted by molar-refractivity contribution is -0.157. The van der Waals surface area contributed by atoms with Gasteiger partial charge in [-0.2, -0.15) is 0 Å². The van der Waals surface area contributed by atoms with E-state index in [1.807, 2.05) is 6.92 Å². The molecule has 1 aliphatic heterocycles. The zero-order chi connectivity index (χ0) is 21.7. The Morgan fingerprint density at radius 3 is 2.97 bits per heavy atom. The third-order valence-corrected chi connectivity index (χ3v) is 5.56. The number of nitrogens with one attached hydrogen (secondary N) is 1. The van der Waals surface area contributed by atoms with Crippen LogP contribution in [0, 0.1) is 5.92 Å². The van der Waals surface area contributed by atoms with E-state index < -0.39 is 11.9 Å². The van der Waals surface area contributed by atoms with E-state index in [0.717, 1.165) is 25.7 Å². The summed E-state index contributed by atoms with van der Waals surface area (Å²) in [4.78, 5) is 45.5. The maximum absolute atomic E-state index is 13.3. The summed E-state index contributed by atoms with van der Waals surface area (Å²) < 4.78 is 4.76. The summed E-state index contributed by atoms with van der Waals surface area (Å²) in [7, 11) is 1.33. The lowest BCUT2D eigenvalue weighted by Gasteiger charge is -2.29. The summed E-state index contributed by atoms with van der Waals surface area (Å²) in [6.07, 6.45) is 4.30. The number of imidazole rings is 1. The lowest BCUT2D eigenvalue weighted by atomic mass is 9.99. The number of carbonyl (C=O) groups excluding carboxylic acids is 3. The number of benzene rings is 1. The molecule has 0 bridgehead atoms. The molecular weight excluding hydrogens is 388 g/mol. The second-order valence-electron chi connectivity index (χ2n) is 7.60. The van der Waals surface area contributed by atoms with Crippen LogP contribution >= 0.6 is 0 Å². The van der Waals surface area contributed by atoms with Crippen molar-refractivity contribution in [2.45, 2.75) is 45.1 Å². The van der Waals surface area contributed by atoms with Gasteiger partial charge in [0.2, 0.25) is 12.3 Å². The van der Waals surface area contributed by atoms with Crippen molar-refractivity contribution in [3.63, 3.8) is 0 Å². The van der Waals surface area contributed by atoms with Gasteiger partial charge in [0.05, 0.1) is 42.2 Å². The van der Waals surface area contributed by atoms with Gasteiger partial charge in [-0.3, -0.25) is 14.8 Å². The molecule has 2 N–H and O–H groups in total. The molecule has 1 aromatic heterocycles. The normalized spacial score (nSPS) is 17.2. The first-order chi connectivity index (χ1) is 14.5. The number of carbonyl (C=O) groups is 3. The van der Waals surface area contributed by atoms with E-state index in [0.29, 0.717) is 46.9 Å². The van der Waals surface area contributed by atoms with Crippen LogP contribution in [0.15, 0.2) is 18.2 Å². The summed E-state index contributed by atoms with van der Waals surface area (Å²) >= 11 is 0. The Labute approximate surface area is 175 Å². The maximum atomic E-state index is 13.3. The van der Waals surface area contributed by atoms with E-state index in [1.54, 1.807) is 23.1 Å². The molecule has 1 unspecified atom stereocenters. The Bertz CT molecular complexity index is 912. The molecule has 2 aromatic rings. The third kappa shape index (κ3) is 4.62. The van der Waals surface area contributed by atoms with Crippen LogP contribution in [0.4, 0.5) is 0 Å². The van der Waals surface area contributed by atoms with E-state index in [1.165, 1.54) is 7.11 Å². The fraction of sp³-hybridized carbons (Fsp3) is 0.524. The highest BCUT2D eigenvalue weighted by Crippen LogP contribution is 2.33. The standard InChI is InChI=1S/C21H28N4O5/c1-3-4-6-15(12-24(29)13-26)20(27)25-10-5-7-18(25)19-22-16-9-8-14(21(28)30-2)11-17(16)23-19/h8-9,11,13,15,18,29H,3-7,10,12H2,1-2H3,(H,22,23)/t15?,18-/m0/s1. The van der Waals surface area contributed by atoms with Crippen LogP contribution in [0.1, 0.15) is 61.3 Å². The Morgan fingerprint density at radius 2 is 2.27 bits per heavy atom. The van der Waals surface area contributed by atoms with Crippen molar-refractivity contribution in [3.8, 4) is 0 Å². The van der Waals surface area contributed by atoms with Crippen molar-refractivity contribution in [3.05, 3.63) is 29.6 Å². The number of hydrogen-bond donors (Lipinski definition) is 2. The van der Waals surface area contributed by atoms with Gasteiger partial charge in [0.25, 0.3) is 0 Å². The molecule has 2 heterocycles. The summed E-state index contributed by atoms with van der Waals surface area (Å²) in [5, 5.41) is 10.2. The molecular formula is C21H28N4O5. The average molecular weight is 416 g/mol. The SMILES string of the molecule is CCCCC(CN(O)C=O)C(=O)N1CCC[C@H]1c1nc2ccc(C(=O)OC)cc2[nH]1. The topological polar surface area (TPSA) is 116 Å². The summed E-state index contributed by atoms with van der Waals surface area (Å²) in [6.45, 7) is 2.62. The number of unbranched alkanes of at least 4 members (excludes halogenated alkanes) is 1. The van der Waals surface area contributed by atoms with Crippen molar-refractivity contribution in [2.75, 3.05) is 20.2 Å². The van der Waals surface area contributed by atoms with Gasteiger partial charge in [-0.05, 0) is 37.5 Å². The van der Waals surface area contributed by atoms with Crippen molar-refractivity contribution in [2.24, 2.45) is 5.92 Å². The molecule has 1 aliphatic rings. The highest BCUT2D eigenvalue weighted by Gasteiger charge is 2.36. The first-order valence-corrected chi connectivity index (χ1v) is 10.3. The number of likely N-dealkylation sites (tertiary alicyclic amines) is 1. The molecule has 1 saturated heterocycles. The predicted molar refractivity (Wildman–Crippen MR) is 109 cm³/mol. The van der Waals surface area contributed by atoms with E-state index in [-0.39, 0.29) is 18.5 Å². The van der Waals surface area contributed by atoms with Crippen LogP contribution < -0.4 is 0 Å². The number of aromatic nitrogens is 2. The van der Waals surface area contributed by atoms with Crippen molar-refractivity contribution >= 4 is 29.3 Å². The molecule has 9 nitrogen and oxygen atoms in total. The molecule has 0 radical (unpaired) electrons. The number of esters is 1. The van der Waals surface area contributed by atoms with Crippen LogP contribution in [0.2, 0.25) is 0 Å². The first-order valence-electron chi connectivity index (χ1n) is 10.3. The van der Waals surface area contributed by atoms with Crippen LogP contribution in [0.5, 0.6) is 0 Å². The zero-order valence-corrected chi connectivity index (χ0v) is 17.3. The third-order valence-electron chi connectivity index (χ3n) is 5.56. The zero-order valence-electron chi connectivity index (χ0n) is 17.3. The van der Waals surface area contributed by atoms with Gasteiger partial charge < -0.3 is 14.6 Å². The van der Waals surface area contributed by atoms with Crippen LogP contribution in [-0.2, 0) is 14.3 Å². The Morgan fingerprint density at radius 1 is 1.47 bits per heavy atom. The van der Waals surface area contributed by atoms with Crippen molar-refractivity contribution in [1.29, 1.82) is 0 Å². The van der Waals surface area contributed by atoms with Gasteiger partial charge in [-0.1, -0.05) is 19.8 Å². The summed E-state index contributed by atoms with van der Waals surface area (Å²) in [6, 6.07) is 4.89. The summed E-state index contributed by atoms with van der Waals surface area (Å²) in [5.74, 6) is -0.296. The lowest BCUT2D eigenvalue weighted by Crippen LogP contribution is -2.40.